The number of hydrogen-bond donors (Lipinski definition) is 4. The molecule has 0 aromatic rings. The van der Waals surface area contributed by atoms with Crippen molar-refractivity contribution in [2.45, 2.75) is 123 Å². The van der Waals surface area contributed by atoms with E-state index in [2.05, 4.69) is 35.1 Å². The zero-order valence-corrected chi connectivity index (χ0v) is 22.1. The molecule has 0 aliphatic rings. The minimum Gasteiger partial charge on any atom is -0.464 e. The maximum atomic E-state index is 12.2. The second-order valence-electron chi connectivity index (χ2n) is 9.11. The SMILES string of the molecule is CCCCCCCCNC(=O)NCCCCC(COC(C)=O)NC(=O)NCCCCCCCC. The Balaban J connectivity index is 3.92. The van der Waals surface area contributed by atoms with Crippen LogP contribution < -0.4 is 21.3 Å². The molecule has 34 heavy (non-hydrogen) atoms. The standard InChI is InChI=1S/C26H52N4O4/c1-4-6-8-10-12-15-19-27-25(32)28-21-17-14-18-24(22-34-23(3)31)30-26(33)29-20-16-13-11-9-7-5-2/h24H,4-22H2,1-3H3,(H2,27,28,32)(H2,29,30,33). The maximum absolute atomic E-state index is 12.2. The molecule has 8 nitrogen and oxygen atoms in total. The van der Waals surface area contributed by atoms with Gasteiger partial charge in [0.15, 0.2) is 0 Å². The third-order valence-corrected chi connectivity index (χ3v) is 5.72. The van der Waals surface area contributed by atoms with E-state index in [9.17, 15) is 14.4 Å². The second-order valence-corrected chi connectivity index (χ2v) is 9.11. The molecule has 0 fully saturated rings. The third kappa shape index (κ3) is 23.2. The highest BCUT2D eigenvalue weighted by Gasteiger charge is 2.13. The van der Waals surface area contributed by atoms with Gasteiger partial charge in [-0.15, -0.1) is 0 Å². The van der Waals surface area contributed by atoms with E-state index in [1.165, 1.54) is 58.3 Å². The van der Waals surface area contributed by atoms with Gasteiger partial charge < -0.3 is 26.0 Å². The number of amides is 4. The maximum Gasteiger partial charge on any atom is 0.315 e. The van der Waals surface area contributed by atoms with Gasteiger partial charge in [0, 0.05) is 26.6 Å². The summed E-state index contributed by atoms with van der Waals surface area (Å²) in [7, 11) is 0. The molecule has 0 saturated carbocycles. The quantitative estimate of drug-likeness (QED) is 0.122. The predicted octanol–water partition coefficient (Wildman–Crippen LogP) is 5.41. The van der Waals surface area contributed by atoms with Crippen molar-refractivity contribution in [2.75, 3.05) is 26.2 Å². The Kier molecular flexibility index (Phi) is 22.7. The lowest BCUT2D eigenvalue weighted by atomic mass is 10.1. The summed E-state index contributed by atoms with van der Waals surface area (Å²) < 4.78 is 5.11. The molecule has 0 aromatic carbocycles. The highest BCUT2D eigenvalue weighted by Crippen LogP contribution is 2.05. The summed E-state index contributed by atoms with van der Waals surface area (Å²) in [4.78, 5) is 35.2. The Labute approximate surface area is 208 Å². The van der Waals surface area contributed by atoms with Gasteiger partial charge in [0.2, 0.25) is 0 Å². The van der Waals surface area contributed by atoms with Crippen LogP contribution in [0, 0.1) is 0 Å². The van der Waals surface area contributed by atoms with E-state index >= 15 is 0 Å². The molecule has 0 spiro atoms. The van der Waals surface area contributed by atoms with Gasteiger partial charge in [-0.1, -0.05) is 78.1 Å². The van der Waals surface area contributed by atoms with Gasteiger partial charge in [-0.25, -0.2) is 9.59 Å². The normalized spacial score (nSPS) is 11.5. The van der Waals surface area contributed by atoms with Gasteiger partial charge in [-0.3, -0.25) is 4.79 Å². The first-order chi connectivity index (χ1) is 16.5. The number of carbonyl (C=O) groups excluding carboxylic acids is 3. The first kappa shape index (κ1) is 32.0. The Morgan fingerprint density at radius 3 is 1.56 bits per heavy atom. The molecule has 0 aliphatic heterocycles. The van der Waals surface area contributed by atoms with Crippen LogP contribution in [0.4, 0.5) is 9.59 Å². The number of nitrogens with one attached hydrogen (secondary N) is 4. The van der Waals surface area contributed by atoms with Gasteiger partial charge >= 0.3 is 18.0 Å². The zero-order chi connectivity index (χ0) is 25.3. The van der Waals surface area contributed by atoms with Crippen LogP contribution in [-0.4, -0.2) is 50.3 Å². The van der Waals surface area contributed by atoms with Crippen LogP contribution in [0.25, 0.3) is 0 Å². The summed E-state index contributed by atoms with van der Waals surface area (Å²) in [5, 5.41) is 11.6. The summed E-state index contributed by atoms with van der Waals surface area (Å²) >= 11 is 0. The van der Waals surface area contributed by atoms with E-state index in [0.717, 1.165) is 38.5 Å². The molecule has 8 heteroatoms. The van der Waals surface area contributed by atoms with Crippen molar-refractivity contribution >= 4 is 18.0 Å². The van der Waals surface area contributed by atoms with Crippen LogP contribution in [0.2, 0.25) is 0 Å². The predicted molar refractivity (Wildman–Crippen MR) is 139 cm³/mol. The molecular weight excluding hydrogens is 432 g/mol. The van der Waals surface area contributed by atoms with Crippen molar-refractivity contribution in [1.29, 1.82) is 0 Å². The average Bonchev–Trinajstić information content (AvgIpc) is 2.80. The minimum atomic E-state index is -0.358. The lowest BCUT2D eigenvalue weighted by Crippen LogP contribution is -2.44. The Bertz CT molecular complexity index is 517. The summed E-state index contributed by atoms with van der Waals surface area (Å²) in [5.74, 6) is -0.358. The van der Waals surface area contributed by atoms with Gasteiger partial charge in [0.25, 0.3) is 0 Å². The lowest BCUT2D eigenvalue weighted by Gasteiger charge is -2.19. The van der Waals surface area contributed by atoms with E-state index in [1.807, 2.05) is 0 Å². The molecular formula is C26H52N4O4. The molecule has 0 rings (SSSR count). The van der Waals surface area contributed by atoms with Crippen LogP contribution in [0.15, 0.2) is 0 Å². The second kappa shape index (κ2) is 24.1. The number of ether oxygens (including phenoxy) is 1. The molecule has 4 N–H and O–H groups in total. The zero-order valence-electron chi connectivity index (χ0n) is 22.1. The fraction of sp³-hybridized carbons (Fsp3) is 0.885. The van der Waals surface area contributed by atoms with E-state index in [0.29, 0.717) is 26.1 Å². The lowest BCUT2D eigenvalue weighted by molar-refractivity contribution is -0.141. The largest absolute Gasteiger partial charge is 0.464 e. The minimum absolute atomic E-state index is 0.128. The summed E-state index contributed by atoms with van der Waals surface area (Å²) in [6.07, 6.45) is 16.5. The molecule has 0 saturated heterocycles. The van der Waals surface area contributed by atoms with Crippen LogP contribution >= 0.6 is 0 Å². The number of rotatable bonds is 22. The molecule has 1 unspecified atom stereocenters. The highest BCUT2D eigenvalue weighted by molar-refractivity contribution is 5.74. The fourth-order valence-electron chi connectivity index (χ4n) is 3.65. The first-order valence-electron chi connectivity index (χ1n) is 13.7. The summed E-state index contributed by atoms with van der Waals surface area (Å²) in [6.45, 7) is 7.86. The first-order valence-corrected chi connectivity index (χ1v) is 13.7. The molecule has 200 valence electrons. The highest BCUT2D eigenvalue weighted by atomic mass is 16.5. The number of carbonyl (C=O) groups is 3. The Hall–Kier alpha value is -1.99. The molecule has 0 radical (unpaired) electrons. The molecule has 0 aliphatic carbocycles. The van der Waals surface area contributed by atoms with Crippen molar-refractivity contribution in [3.8, 4) is 0 Å². The molecule has 0 aromatic heterocycles. The average molecular weight is 485 g/mol. The van der Waals surface area contributed by atoms with Gasteiger partial charge in [0.05, 0.1) is 6.04 Å². The van der Waals surface area contributed by atoms with Gasteiger partial charge in [0.1, 0.15) is 6.61 Å². The summed E-state index contributed by atoms with van der Waals surface area (Å²) in [6, 6.07) is -0.592. The van der Waals surface area contributed by atoms with Gasteiger partial charge in [-0.2, -0.15) is 0 Å². The van der Waals surface area contributed by atoms with Crippen LogP contribution in [0.3, 0.4) is 0 Å². The van der Waals surface area contributed by atoms with Gasteiger partial charge in [-0.05, 0) is 32.1 Å². The third-order valence-electron chi connectivity index (χ3n) is 5.72. The van der Waals surface area contributed by atoms with Crippen molar-refractivity contribution in [3.63, 3.8) is 0 Å². The molecule has 1 atom stereocenters. The monoisotopic (exact) mass is 484 g/mol. The Morgan fingerprint density at radius 1 is 0.618 bits per heavy atom. The molecule has 4 amide bonds. The van der Waals surface area contributed by atoms with Crippen LogP contribution in [0.1, 0.15) is 117 Å². The fourth-order valence-corrected chi connectivity index (χ4v) is 3.65. The number of hydrogen-bond acceptors (Lipinski definition) is 4. The Morgan fingerprint density at radius 2 is 1.06 bits per heavy atom. The number of esters is 1. The van der Waals surface area contributed by atoms with Crippen molar-refractivity contribution in [2.24, 2.45) is 0 Å². The van der Waals surface area contributed by atoms with E-state index < -0.39 is 0 Å². The topological polar surface area (TPSA) is 109 Å². The van der Waals surface area contributed by atoms with Crippen molar-refractivity contribution in [1.82, 2.24) is 21.3 Å². The van der Waals surface area contributed by atoms with Crippen molar-refractivity contribution < 1.29 is 19.1 Å². The molecule has 0 bridgehead atoms. The smallest absolute Gasteiger partial charge is 0.315 e. The summed E-state index contributed by atoms with van der Waals surface area (Å²) in [5.41, 5.74) is 0. The van der Waals surface area contributed by atoms with Crippen LogP contribution in [-0.2, 0) is 9.53 Å². The number of urea groups is 2. The molecule has 0 heterocycles. The van der Waals surface area contributed by atoms with E-state index in [1.54, 1.807) is 0 Å². The van der Waals surface area contributed by atoms with Crippen LogP contribution in [0.5, 0.6) is 0 Å². The van der Waals surface area contributed by atoms with E-state index in [4.69, 9.17) is 4.74 Å². The van der Waals surface area contributed by atoms with Crippen molar-refractivity contribution in [3.05, 3.63) is 0 Å². The van der Waals surface area contributed by atoms with E-state index in [-0.39, 0.29) is 30.7 Å². The number of unbranched alkanes of at least 4 members (excludes halogenated alkanes) is 11.